The molecular formula is C27H30N4O4. The van der Waals surface area contributed by atoms with Crippen LogP contribution >= 0.6 is 0 Å². The molecule has 0 aliphatic carbocycles. The summed E-state index contributed by atoms with van der Waals surface area (Å²) in [6.45, 7) is 3.23. The molecule has 2 aliphatic rings. The highest BCUT2D eigenvalue weighted by Crippen LogP contribution is 2.28. The summed E-state index contributed by atoms with van der Waals surface area (Å²) in [4.78, 5) is 29.2. The molecule has 0 saturated carbocycles. The SMILES string of the molecule is Cn1ccc(Nc2ccc3c(c2)C(=O)N(CC(O)CN2CCc4ccccc4C2)CCO3)cc1=O. The van der Waals surface area contributed by atoms with Crippen molar-refractivity contribution in [3.05, 3.63) is 87.8 Å². The molecule has 0 saturated heterocycles. The fourth-order valence-electron chi connectivity index (χ4n) is 4.73. The minimum atomic E-state index is -0.660. The van der Waals surface area contributed by atoms with Gasteiger partial charge in [-0.05, 0) is 41.8 Å². The van der Waals surface area contributed by atoms with Gasteiger partial charge in [-0.3, -0.25) is 14.5 Å². The number of hydrogen-bond acceptors (Lipinski definition) is 6. The lowest BCUT2D eigenvalue weighted by molar-refractivity contribution is 0.0501. The van der Waals surface area contributed by atoms with Crippen molar-refractivity contribution in [1.29, 1.82) is 0 Å². The maximum Gasteiger partial charge on any atom is 0.257 e. The number of nitrogens with zero attached hydrogens (tertiary/aromatic N) is 3. The zero-order chi connectivity index (χ0) is 24.4. The number of aliphatic hydroxyl groups is 1. The number of nitrogens with one attached hydrogen (secondary N) is 1. The number of β-amino-alcohol motifs (C(OH)–C–C–N with tert-alkyl or cyclic N) is 1. The fraction of sp³-hybridized carbons (Fsp3) is 0.333. The highest BCUT2D eigenvalue weighted by atomic mass is 16.5. The molecule has 1 atom stereocenters. The van der Waals surface area contributed by atoms with E-state index in [2.05, 4.69) is 28.4 Å². The van der Waals surface area contributed by atoms with Crippen molar-refractivity contribution in [2.24, 2.45) is 7.05 Å². The molecule has 2 N–H and O–H groups in total. The van der Waals surface area contributed by atoms with E-state index >= 15 is 0 Å². The van der Waals surface area contributed by atoms with E-state index in [1.54, 1.807) is 36.3 Å². The number of pyridine rings is 1. The quantitative estimate of drug-likeness (QED) is 0.571. The third-order valence-electron chi connectivity index (χ3n) is 6.62. The Morgan fingerprint density at radius 1 is 1.00 bits per heavy atom. The van der Waals surface area contributed by atoms with Gasteiger partial charge in [0, 0.05) is 56.9 Å². The molecular weight excluding hydrogens is 444 g/mol. The second-order valence-corrected chi connectivity index (χ2v) is 9.21. The molecule has 182 valence electrons. The summed E-state index contributed by atoms with van der Waals surface area (Å²) in [6.07, 6.45) is 2.00. The maximum absolute atomic E-state index is 13.4. The van der Waals surface area contributed by atoms with E-state index in [1.807, 2.05) is 12.1 Å². The highest BCUT2D eigenvalue weighted by molar-refractivity contribution is 5.98. The van der Waals surface area contributed by atoms with Crippen LogP contribution in [0, 0.1) is 0 Å². The van der Waals surface area contributed by atoms with Crippen molar-refractivity contribution in [3.8, 4) is 5.75 Å². The molecule has 1 amide bonds. The van der Waals surface area contributed by atoms with Gasteiger partial charge in [0.05, 0.1) is 18.2 Å². The third kappa shape index (κ3) is 5.23. The van der Waals surface area contributed by atoms with Crippen molar-refractivity contribution in [3.63, 3.8) is 0 Å². The lowest BCUT2D eigenvalue weighted by atomic mass is 10.00. The van der Waals surface area contributed by atoms with Gasteiger partial charge in [0.15, 0.2) is 0 Å². The summed E-state index contributed by atoms with van der Waals surface area (Å²) in [5, 5.41) is 14.0. The number of fused-ring (bicyclic) bond motifs is 2. The molecule has 8 nitrogen and oxygen atoms in total. The summed E-state index contributed by atoms with van der Waals surface area (Å²) in [5.41, 5.74) is 4.32. The first kappa shape index (κ1) is 23.1. The van der Waals surface area contributed by atoms with Crippen molar-refractivity contribution in [2.45, 2.75) is 19.1 Å². The number of anilines is 2. The number of carbonyl (C=O) groups excluding carboxylic acids is 1. The molecule has 1 aromatic heterocycles. The largest absolute Gasteiger partial charge is 0.491 e. The van der Waals surface area contributed by atoms with E-state index in [0.29, 0.717) is 42.4 Å². The van der Waals surface area contributed by atoms with Crippen LogP contribution in [0.15, 0.2) is 65.6 Å². The second kappa shape index (κ2) is 9.93. The zero-order valence-corrected chi connectivity index (χ0v) is 19.8. The number of benzene rings is 2. The van der Waals surface area contributed by atoms with Crippen LogP contribution in [0.25, 0.3) is 0 Å². The predicted octanol–water partition coefficient (Wildman–Crippen LogP) is 2.38. The van der Waals surface area contributed by atoms with Crippen LogP contribution in [-0.4, -0.2) is 64.3 Å². The Hall–Kier alpha value is -3.62. The molecule has 0 radical (unpaired) electrons. The van der Waals surface area contributed by atoms with E-state index in [4.69, 9.17) is 4.74 Å². The molecule has 0 fully saturated rings. The first-order valence-corrected chi connectivity index (χ1v) is 11.9. The lowest BCUT2D eigenvalue weighted by Crippen LogP contribution is -2.44. The number of amides is 1. The highest BCUT2D eigenvalue weighted by Gasteiger charge is 2.27. The van der Waals surface area contributed by atoms with E-state index in [0.717, 1.165) is 19.5 Å². The number of hydrogen-bond donors (Lipinski definition) is 2. The average molecular weight is 475 g/mol. The molecule has 0 spiro atoms. The molecule has 3 aromatic rings. The Balaban J connectivity index is 1.26. The van der Waals surface area contributed by atoms with E-state index in [9.17, 15) is 14.7 Å². The zero-order valence-electron chi connectivity index (χ0n) is 19.8. The van der Waals surface area contributed by atoms with Gasteiger partial charge in [-0.15, -0.1) is 0 Å². The summed E-state index contributed by atoms with van der Waals surface area (Å²) < 4.78 is 7.32. The molecule has 2 aliphatic heterocycles. The average Bonchev–Trinajstić information content (AvgIpc) is 3.00. The van der Waals surface area contributed by atoms with Gasteiger partial charge in [0.1, 0.15) is 12.4 Å². The van der Waals surface area contributed by atoms with Crippen LogP contribution < -0.4 is 15.6 Å². The van der Waals surface area contributed by atoms with Crippen molar-refractivity contribution < 1.29 is 14.6 Å². The van der Waals surface area contributed by atoms with Gasteiger partial charge in [-0.1, -0.05) is 24.3 Å². The second-order valence-electron chi connectivity index (χ2n) is 9.21. The van der Waals surface area contributed by atoms with Gasteiger partial charge >= 0.3 is 0 Å². The van der Waals surface area contributed by atoms with Crippen LogP contribution in [-0.2, 0) is 20.0 Å². The number of aliphatic hydroxyl groups excluding tert-OH is 1. The maximum atomic E-state index is 13.4. The standard InChI is InChI=1S/C27H30N4O4/c1-29-10-9-22(15-26(29)33)28-21-6-7-25-24(14-21)27(34)31(12-13-35-25)18-23(32)17-30-11-8-19-4-2-3-5-20(19)16-30/h2-7,9-10,14-15,23,28,32H,8,11-13,16-18H2,1H3. The first-order chi connectivity index (χ1) is 17.0. The van der Waals surface area contributed by atoms with Crippen LogP contribution in [0.2, 0.25) is 0 Å². The van der Waals surface area contributed by atoms with Crippen LogP contribution in [0.5, 0.6) is 5.75 Å². The summed E-state index contributed by atoms with van der Waals surface area (Å²) in [5.74, 6) is 0.349. The molecule has 2 aromatic carbocycles. The number of aryl methyl sites for hydroxylation is 1. The number of ether oxygens (including phenoxy) is 1. The molecule has 5 rings (SSSR count). The van der Waals surface area contributed by atoms with Gasteiger partial charge < -0.3 is 24.6 Å². The Kier molecular flexibility index (Phi) is 6.57. The summed E-state index contributed by atoms with van der Waals surface area (Å²) in [7, 11) is 1.69. The topological polar surface area (TPSA) is 87.0 Å². The van der Waals surface area contributed by atoms with Gasteiger partial charge in [0.25, 0.3) is 11.5 Å². The Labute approximate surface area is 204 Å². The van der Waals surface area contributed by atoms with Crippen LogP contribution in [0.3, 0.4) is 0 Å². The predicted molar refractivity (Wildman–Crippen MR) is 134 cm³/mol. The number of aromatic nitrogens is 1. The molecule has 3 heterocycles. The van der Waals surface area contributed by atoms with Crippen molar-refractivity contribution >= 4 is 17.3 Å². The first-order valence-electron chi connectivity index (χ1n) is 11.9. The van der Waals surface area contributed by atoms with E-state index in [1.165, 1.54) is 21.8 Å². The van der Waals surface area contributed by atoms with Gasteiger partial charge in [-0.25, -0.2) is 0 Å². The Morgan fingerprint density at radius 2 is 1.80 bits per heavy atom. The Bertz CT molecular complexity index is 1290. The monoisotopic (exact) mass is 474 g/mol. The molecule has 8 heteroatoms. The van der Waals surface area contributed by atoms with Crippen LogP contribution in [0.1, 0.15) is 21.5 Å². The fourth-order valence-corrected chi connectivity index (χ4v) is 4.73. The van der Waals surface area contributed by atoms with Crippen molar-refractivity contribution in [1.82, 2.24) is 14.4 Å². The minimum absolute atomic E-state index is 0.124. The van der Waals surface area contributed by atoms with Crippen molar-refractivity contribution in [2.75, 3.05) is 38.1 Å². The minimum Gasteiger partial charge on any atom is -0.491 e. The third-order valence-corrected chi connectivity index (χ3v) is 6.62. The summed E-state index contributed by atoms with van der Waals surface area (Å²) >= 11 is 0. The molecule has 0 bridgehead atoms. The van der Waals surface area contributed by atoms with Crippen LogP contribution in [0.4, 0.5) is 11.4 Å². The molecule has 35 heavy (non-hydrogen) atoms. The normalized spacial score (nSPS) is 16.6. The number of carbonyl (C=O) groups is 1. The van der Waals surface area contributed by atoms with E-state index in [-0.39, 0.29) is 18.0 Å². The van der Waals surface area contributed by atoms with Gasteiger partial charge in [0.2, 0.25) is 0 Å². The smallest absolute Gasteiger partial charge is 0.257 e. The Morgan fingerprint density at radius 3 is 2.63 bits per heavy atom. The lowest BCUT2D eigenvalue weighted by Gasteiger charge is -2.32. The number of rotatable bonds is 6. The summed E-state index contributed by atoms with van der Waals surface area (Å²) in [6, 6.07) is 17.0. The molecule has 1 unspecified atom stereocenters. The van der Waals surface area contributed by atoms with Gasteiger partial charge in [-0.2, -0.15) is 0 Å². The van der Waals surface area contributed by atoms with E-state index < -0.39 is 6.10 Å².